The van der Waals surface area contributed by atoms with Gasteiger partial charge in [0.15, 0.2) is 5.69 Å². The molecule has 1 aliphatic rings. The molecule has 1 aromatic heterocycles. The maximum absolute atomic E-state index is 13.8. The number of rotatable bonds is 4. The molecule has 2 aromatic rings. The fourth-order valence-electron chi connectivity index (χ4n) is 3.37. The summed E-state index contributed by atoms with van der Waals surface area (Å²) in [7, 11) is 0. The number of hydrogen-bond donors (Lipinski definition) is 0. The molecule has 2 heterocycles. The van der Waals surface area contributed by atoms with Crippen molar-refractivity contribution in [2.75, 3.05) is 19.7 Å². The van der Waals surface area contributed by atoms with Gasteiger partial charge in [-0.1, -0.05) is 23.7 Å². The first-order chi connectivity index (χ1) is 13.7. The molecule has 1 unspecified atom stereocenters. The molecule has 1 aliphatic heterocycles. The SMILES string of the molecule is CCOC(=O)C1CCCN(C(=O)c2cnn(-c3ccccc3Cl)c2C(F)(F)F)C1. The summed E-state index contributed by atoms with van der Waals surface area (Å²) >= 11 is 6.03. The Labute approximate surface area is 170 Å². The Hall–Kier alpha value is -2.55. The predicted molar refractivity (Wildman–Crippen MR) is 98.8 cm³/mol. The number of ether oxygens (including phenoxy) is 1. The second-order valence-corrected chi connectivity index (χ2v) is 7.02. The summed E-state index contributed by atoms with van der Waals surface area (Å²) in [5, 5.41) is 3.86. The van der Waals surface area contributed by atoms with Crippen molar-refractivity contribution in [1.29, 1.82) is 0 Å². The highest BCUT2D eigenvalue weighted by molar-refractivity contribution is 6.32. The first-order valence-corrected chi connectivity index (χ1v) is 9.47. The van der Waals surface area contributed by atoms with E-state index in [0.29, 0.717) is 17.5 Å². The molecule has 10 heteroatoms. The lowest BCUT2D eigenvalue weighted by atomic mass is 9.97. The number of amides is 1. The van der Waals surface area contributed by atoms with E-state index in [1.165, 1.54) is 23.1 Å². The molecule has 0 bridgehead atoms. The molecule has 156 valence electrons. The second-order valence-electron chi connectivity index (χ2n) is 6.61. The lowest BCUT2D eigenvalue weighted by Gasteiger charge is -2.31. The van der Waals surface area contributed by atoms with Crippen LogP contribution in [-0.4, -0.2) is 46.3 Å². The zero-order valence-corrected chi connectivity index (χ0v) is 16.3. The predicted octanol–water partition coefficient (Wildman–Crippen LogP) is 3.96. The minimum atomic E-state index is -4.84. The highest BCUT2D eigenvalue weighted by Crippen LogP contribution is 2.36. The molecule has 1 fully saturated rings. The van der Waals surface area contributed by atoms with Crippen molar-refractivity contribution in [2.45, 2.75) is 25.9 Å². The molecule has 0 radical (unpaired) electrons. The fraction of sp³-hybridized carbons (Fsp3) is 0.421. The van der Waals surface area contributed by atoms with Crippen LogP contribution in [0.2, 0.25) is 5.02 Å². The number of likely N-dealkylation sites (tertiary alicyclic amines) is 1. The number of carbonyl (C=O) groups excluding carboxylic acids is 2. The maximum atomic E-state index is 13.8. The summed E-state index contributed by atoms with van der Waals surface area (Å²) in [5.41, 5.74) is -1.76. The first kappa shape index (κ1) is 21.2. The molecule has 0 N–H and O–H groups in total. The van der Waals surface area contributed by atoms with Gasteiger partial charge in [-0.25, -0.2) is 4.68 Å². The highest BCUT2D eigenvalue weighted by Gasteiger charge is 2.42. The Kier molecular flexibility index (Phi) is 6.16. The van der Waals surface area contributed by atoms with Gasteiger partial charge in [0.2, 0.25) is 0 Å². The third-order valence-corrected chi connectivity index (χ3v) is 5.00. The quantitative estimate of drug-likeness (QED) is 0.690. The van der Waals surface area contributed by atoms with Crippen LogP contribution in [0.5, 0.6) is 0 Å². The summed E-state index contributed by atoms with van der Waals surface area (Å²) in [6, 6.07) is 5.93. The van der Waals surface area contributed by atoms with Gasteiger partial charge in [-0.2, -0.15) is 18.3 Å². The lowest BCUT2D eigenvalue weighted by molar-refractivity contribution is -0.149. The second kappa shape index (κ2) is 8.44. The molecule has 6 nitrogen and oxygen atoms in total. The Morgan fingerprint density at radius 1 is 1.31 bits per heavy atom. The van der Waals surface area contributed by atoms with E-state index in [-0.39, 0.29) is 30.4 Å². The van der Waals surface area contributed by atoms with Crippen LogP contribution < -0.4 is 0 Å². The van der Waals surface area contributed by atoms with E-state index in [9.17, 15) is 22.8 Å². The van der Waals surface area contributed by atoms with Gasteiger partial charge in [0.1, 0.15) is 0 Å². The standard InChI is InChI=1S/C19H19ClF3N3O3/c1-2-29-18(28)12-6-5-9-25(11-12)17(27)13-10-24-26(16(13)19(21,22)23)15-8-4-3-7-14(15)20/h3-4,7-8,10,12H,2,5-6,9,11H2,1H3. The number of esters is 1. The average Bonchev–Trinajstić information content (AvgIpc) is 3.13. The zero-order chi connectivity index (χ0) is 21.2. The number of halogens is 4. The van der Waals surface area contributed by atoms with Crippen LogP contribution >= 0.6 is 11.6 Å². The smallest absolute Gasteiger partial charge is 0.434 e. The Balaban J connectivity index is 1.95. The van der Waals surface area contributed by atoms with E-state index in [2.05, 4.69) is 5.10 Å². The van der Waals surface area contributed by atoms with Gasteiger partial charge in [0.25, 0.3) is 5.91 Å². The number of para-hydroxylation sites is 1. The molecule has 0 aliphatic carbocycles. The number of nitrogens with zero attached hydrogens (tertiary/aromatic N) is 3. The molecule has 29 heavy (non-hydrogen) atoms. The van der Waals surface area contributed by atoms with Crippen molar-refractivity contribution in [3.63, 3.8) is 0 Å². The van der Waals surface area contributed by atoms with E-state index < -0.39 is 35.2 Å². The van der Waals surface area contributed by atoms with E-state index in [4.69, 9.17) is 16.3 Å². The van der Waals surface area contributed by atoms with Crippen molar-refractivity contribution in [3.8, 4) is 5.69 Å². The monoisotopic (exact) mass is 429 g/mol. The van der Waals surface area contributed by atoms with Gasteiger partial charge >= 0.3 is 12.1 Å². The molecule has 0 spiro atoms. The Morgan fingerprint density at radius 3 is 2.69 bits per heavy atom. The van der Waals surface area contributed by atoms with Crippen LogP contribution in [0.4, 0.5) is 13.2 Å². The van der Waals surface area contributed by atoms with E-state index in [1.54, 1.807) is 13.0 Å². The number of piperidine rings is 1. The van der Waals surface area contributed by atoms with Crippen molar-refractivity contribution in [1.82, 2.24) is 14.7 Å². The Morgan fingerprint density at radius 2 is 2.03 bits per heavy atom. The van der Waals surface area contributed by atoms with Gasteiger partial charge in [-0.3, -0.25) is 9.59 Å². The van der Waals surface area contributed by atoms with Crippen LogP contribution in [0.25, 0.3) is 5.69 Å². The molecule has 1 aromatic carbocycles. The normalized spacial score (nSPS) is 17.3. The highest BCUT2D eigenvalue weighted by atomic mass is 35.5. The van der Waals surface area contributed by atoms with Gasteiger partial charge in [0, 0.05) is 13.1 Å². The molecule has 1 saturated heterocycles. The summed E-state index contributed by atoms with van der Waals surface area (Å²) < 4.78 is 47.1. The average molecular weight is 430 g/mol. The van der Waals surface area contributed by atoms with Crippen LogP contribution in [-0.2, 0) is 15.7 Å². The fourth-order valence-corrected chi connectivity index (χ4v) is 3.58. The van der Waals surface area contributed by atoms with Crippen LogP contribution in [0.3, 0.4) is 0 Å². The van der Waals surface area contributed by atoms with Gasteiger partial charge < -0.3 is 9.64 Å². The van der Waals surface area contributed by atoms with Crippen LogP contribution in [0, 0.1) is 5.92 Å². The van der Waals surface area contributed by atoms with Crippen LogP contribution in [0.1, 0.15) is 35.8 Å². The van der Waals surface area contributed by atoms with Crippen LogP contribution in [0.15, 0.2) is 30.5 Å². The molecule has 1 atom stereocenters. The van der Waals surface area contributed by atoms with E-state index in [0.717, 1.165) is 6.20 Å². The Bertz CT molecular complexity index is 914. The van der Waals surface area contributed by atoms with Gasteiger partial charge in [0.05, 0.1) is 35.0 Å². The molecule has 3 rings (SSSR count). The molecular weight excluding hydrogens is 411 g/mol. The van der Waals surface area contributed by atoms with Crippen molar-refractivity contribution in [2.24, 2.45) is 5.92 Å². The van der Waals surface area contributed by atoms with Gasteiger partial charge in [-0.15, -0.1) is 0 Å². The number of hydrogen-bond acceptors (Lipinski definition) is 4. The lowest BCUT2D eigenvalue weighted by Crippen LogP contribution is -2.43. The third kappa shape index (κ3) is 4.39. The summed E-state index contributed by atoms with van der Waals surface area (Å²) in [5.74, 6) is -1.84. The minimum Gasteiger partial charge on any atom is -0.466 e. The van der Waals surface area contributed by atoms with Crippen molar-refractivity contribution >= 4 is 23.5 Å². The molecule has 0 saturated carbocycles. The van der Waals surface area contributed by atoms with Gasteiger partial charge in [-0.05, 0) is 31.9 Å². The number of benzene rings is 1. The molecule has 1 amide bonds. The van der Waals surface area contributed by atoms with Crippen molar-refractivity contribution < 1.29 is 27.5 Å². The number of carbonyl (C=O) groups is 2. The molecular formula is C19H19ClF3N3O3. The summed E-state index contributed by atoms with van der Waals surface area (Å²) in [6.07, 6.45) is -2.93. The minimum absolute atomic E-state index is 0.00619. The number of aromatic nitrogens is 2. The topological polar surface area (TPSA) is 64.4 Å². The van der Waals surface area contributed by atoms with E-state index in [1.807, 2.05) is 0 Å². The first-order valence-electron chi connectivity index (χ1n) is 9.10. The largest absolute Gasteiger partial charge is 0.466 e. The van der Waals surface area contributed by atoms with Crippen molar-refractivity contribution in [3.05, 3.63) is 46.7 Å². The zero-order valence-electron chi connectivity index (χ0n) is 15.6. The van der Waals surface area contributed by atoms with E-state index >= 15 is 0 Å². The number of alkyl halides is 3. The summed E-state index contributed by atoms with van der Waals surface area (Å²) in [6.45, 7) is 2.13. The maximum Gasteiger partial charge on any atom is 0.434 e. The summed E-state index contributed by atoms with van der Waals surface area (Å²) in [4.78, 5) is 26.1. The third-order valence-electron chi connectivity index (χ3n) is 4.68.